The molecular formula is C37H44N4O5. The van der Waals surface area contributed by atoms with Crippen molar-refractivity contribution in [1.29, 1.82) is 0 Å². The summed E-state index contributed by atoms with van der Waals surface area (Å²) in [6, 6.07) is 22.6. The number of benzene rings is 3. The lowest BCUT2D eigenvalue weighted by atomic mass is 10.0. The number of carbonyl (C=O) groups excluding carboxylic acids is 2. The Bertz CT molecular complexity index is 1640. The number of nitrogens with zero attached hydrogens (tertiary/aromatic N) is 3. The Hall–Kier alpha value is -5.05. The van der Waals surface area contributed by atoms with Crippen LogP contribution in [0.15, 0.2) is 72.8 Å². The first-order valence-corrected chi connectivity index (χ1v) is 15.4. The summed E-state index contributed by atoms with van der Waals surface area (Å²) < 4.78 is 19.1. The molecule has 0 aliphatic heterocycles. The third kappa shape index (κ3) is 8.78. The molecule has 9 nitrogen and oxygen atoms in total. The van der Waals surface area contributed by atoms with Gasteiger partial charge < -0.3 is 24.4 Å². The fourth-order valence-corrected chi connectivity index (χ4v) is 4.91. The molecule has 0 aliphatic rings. The maximum atomic E-state index is 13.3. The van der Waals surface area contributed by atoms with Crippen molar-refractivity contribution in [2.75, 3.05) is 34.9 Å². The zero-order valence-electron chi connectivity index (χ0n) is 27.8. The van der Waals surface area contributed by atoms with Crippen molar-refractivity contribution in [2.24, 2.45) is 5.92 Å². The van der Waals surface area contributed by atoms with E-state index in [1.165, 1.54) is 0 Å². The average Bonchev–Trinajstić information content (AvgIpc) is 3.36. The van der Waals surface area contributed by atoms with Gasteiger partial charge in [-0.2, -0.15) is 5.10 Å². The van der Waals surface area contributed by atoms with Gasteiger partial charge in [-0.3, -0.25) is 9.59 Å². The monoisotopic (exact) mass is 624 g/mol. The van der Waals surface area contributed by atoms with E-state index in [0.29, 0.717) is 54.0 Å². The first kappa shape index (κ1) is 33.8. The number of hydrogen-bond donors (Lipinski definition) is 1. The van der Waals surface area contributed by atoms with E-state index in [-0.39, 0.29) is 11.8 Å². The molecule has 0 aliphatic carbocycles. The van der Waals surface area contributed by atoms with Crippen molar-refractivity contribution in [3.8, 4) is 28.8 Å². The number of ether oxygens (including phenoxy) is 3. The first-order chi connectivity index (χ1) is 22.1. The van der Waals surface area contributed by atoms with E-state index >= 15 is 0 Å². The Morgan fingerprint density at radius 1 is 0.935 bits per heavy atom. The molecule has 0 saturated carbocycles. The normalized spacial score (nSPS) is 11.3. The molecule has 0 saturated heterocycles. The van der Waals surface area contributed by atoms with Crippen molar-refractivity contribution in [2.45, 2.75) is 40.0 Å². The summed E-state index contributed by atoms with van der Waals surface area (Å²) in [6.07, 6.45) is 3.56. The second-order valence-corrected chi connectivity index (χ2v) is 11.7. The standard InChI is InChI=1S/C37H44N4O5/c1-25(2)19-20-38-35(42)18-17-33-26(3)39-41(29-11-9-8-10-12-29)37(33)46-30-15-13-28(14-16-30)34(36(43)40(4)5)23-27-21-31(44-6)24-32(22-27)45-7/h8-16,21-25H,17-20H2,1-7H3,(H,38,42). The van der Waals surface area contributed by atoms with E-state index in [1.807, 2.05) is 79.7 Å². The fraction of sp³-hybridized carbons (Fsp3) is 0.324. The summed E-state index contributed by atoms with van der Waals surface area (Å²) in [5, 5.41) is 7.80. The molecule has 1 heterocycles. The van der Waals surface area contributed by atoms with Crippen LogP contribution in [0.5, 0.6) is 23.1 Å². The number of nitrogens with one attached hydrogen (secondary N) is 1. The molecule has 9 heteroatoms. The second kappa shape index (κ2) is 15.8. The van der Waals surface area contributed by atoms with E-state index in [4.69, 9.17) is 19.3 Å². The van der Waals surface area contributed by atoms with Gasteiger partial charge in [0.05, 0.1) is 25.6 Å². The van der Waals surface area contributed by atoms with Crippen molar-refractivity contribution in [3.63, 3.8) is 0 Å². The number of amides is 2. The fourth-order valence-electron chi connectivity index (χ4n) is 4.91. The average molecular weight is 625 g/mol. The maximum absolute atomic E-state index is 13.3. The first-order valence-electron chi connectivity index (χ1n) is 15.4. The van der Waals surface area contributed by atoms with Crippen molar-refractivity contribution in [1.82, 2.24) is 20.0 Å². The molecule has 0 unspecified atom stereocenters. The van der Waals surface area contributed by atoms with Crippen LogP contribution in [0.2, 0.25) is 0 Å². The Labute approximate surface area is 271 Å². The molecule has 0 fully saturated rings. The van der Waals surface area contributed by atoms with Gasteiger partial charge in [-0.1, -0.05) is 44.2 Å². The Morgan fingerprint density at radius 2 is 1.59 bits per heavy atom. The van der Waals surface area contributed by atoms with Crippen LogP contribution in [0, 0.1) is 12.8 Å². The van der Waals surface area contributed by atoms with Crippen LogP contribution in [0.25, 0.3) is 17.3 Å². The summed E-state index contributed by atoms with van der Waals surface area (Å²) in [4.78, 5) is 27.5. The molecule has 242 valence electrons. The number of likely N-dealkylation sites (N-methyl/N-ethyl adjacent to an activating group) is 1. The highest BCUT2D eigenvalue weighted by Crippen LogP contribution is 2.33. The van der Waals surface area contributed by atoms with Gasteiger partial charge in [0.25, 0.3) is 5.91 Å². The lowest BCUT2D eigenvalue weighted by Gasteiger charge is -2.16. The van der Waals surface area contributed by atoms with Crippen molar-refractivity contribution in [3.05, 3.63) is 95.2 Å². The Morgan fingerprint density at radius 3 is 2.17 bits per heavy atom. The quantitative estimate of drug-likeness (QED) is 0.124. The molecule has 3 aromatic carbocycles. The molecule has 2 amide bonds. The van der Waals surface area contributed by atoms with E-state index in [1.54, 1.807) is 44.0 Å². The van der Waals surface area contributed by atoms with Gasteiger partial charge in [0.15, 0.2) is 0 Å². The zero-order valence-corrected chi connectivity index (χ0v) is 27.8. The van der Waals surface area contributed by atoms with Gasteiger partial charge in [-0.15, -0.1) is 0 Å². The van der Waals surface area contributed by atoms with E-state index in [9.17, 15) is 9.59 Å². The van der Waals surface area contributed by atoms with Gasteiger partial charge in [-0.25, -0.2) is 4.68 Å². The van der Waals surface area contributed by atoms with Crippen molar-refractivity contribution < 1.29 is 23.8 Å². The van der Waals surface area contributed by atoms with Crippen molar-refractivity contribution >= 4 is 23.5 Å². The second-order valence-electron chi connectivity index (χ2n) is 11.7. The predicted octanol–water partition coefficient (Wildman–Crippen LogP) is 6.71. The smallest absolute Gasteiger partial charge is 0.253 e. The van der Waals surface area contributed by atoms with E-state index in [0.717, 1.165) is 34.5 Å². The van der Waals surface area contributed by atoms with E-state index in [2.05, 4.69) is 19.2 Å². The molecule has 1 aromatic heterocycles. The summed E-state index contributed by atoms with van der Waals surface area (Å²) in [5.74, 6) is 2.75. The minimum absolute atomic E-state index is 0.00125. The molecule has 0 bridgehead atoms. The SMILES string of the molecule is COc1cc(C=C(C(=O)N(C)C)c2ccc(Oc3c(CCC(=O)NCCC(C)C)c(C)nn3-c3ccccc3)cc2)cc(OC)c1. The summed E-state index contributed by atoms with van der Waals surface area (Å²) in [5.41, 5.74) is 4.49. The third-order valence-electron chi connectivity index (χ3n) is 7.49. The summed E-state index contributed by atoms with van der Waals surface area (Å²) in [6.45, 7) is 6.86. The molecule has 46 heavy (non-hydrogen) atoms. The highest BCUT2D eigenvalue weighted by Gasteiger charge is 2.21. The highest BCUT2D eigenvalue weighted by atomic mass is 16.5. The van der Waals surface area contributed by atoms with Crippen LogP contribution in [0.3, 0.4) is 0 Å². The van der Waals surface area contributed by atoms with E-state index < -0.39 is 0 Å². The molecule has 4 aromatic rings. The molecule has 1 N–H and O–H groups in total. The lowest BCUT2D eigenvalue weighted by Crippen LogP contribution is -2.25. The minimum atomic E-state index is -0.151. The third-order valence-corrected chi connectivity index (χ3v) is 7.49. The largest absolute Gasteiger partial charge is 0.497 e. The summed E-state index contributed by atoms with van der Waals surface area (Å²) >= 11 is 0. The van der Waals surface area contributed by atoms with Gasteiger partial charge in [0.2, 0.25) is 11.8 Å². The molecule has 4 rings (SSSR count). The zero-order chi connectivity index (χ0) is 33.2. The number of methoxy groups -OCH3 is 2. The molecular weight excluding hydrogens is 580 g/mol. The van der Waals surface area contributed by atoms with Crippen LogP contribution in [-0.2, 0) is 16.0 Å². The van der Waals surface area contributed by atoms with Gasteiger partial charge in [-0.05, 0) is 79.3 Å². The molecule has 0 spiro atoms. The minimum Gasteiger partial charge on any atom is -0.497 e. The number of aromatic nitrogens is 2. The maximum Gasteiger partial charge on any atom is 0.253 e. The van der Waals surface area contributed by atoms with Crippen LogP contribution in [0.1, 0.15) is 49.1 Å². The lowest BCUT2D eigenvalue weighted by molar-refractivity contribution is -0.122. The number of rotatable bonds is 14. The number of carbonyl (C=O) groups is 2. The molecule has 0 atom stereocenters. The van der Waals surface area contributed by atoms with Crippen LogP contribution in [0.4, 0.5) is 0 Å². The number of para-hydroxylation sites is 1. The topological polar surface area (TPSA) is 94.9 Å². The Balaban J connectivity index is 1.65. The summed E-state index contributed by atoms with van der Waals surface area (Å²) in [7, 11) is 6.62. The van der Waals surface area contributed by atoms with Gasteiger partial charge >= 0.3 is 0 Å². The van der Waals surface area contributed by atoms with Crippen LogP contribution < -0.4 is 19.5 Å². The number of hydrogen-bond acceptors (Lipinski definition) is 6. The number of aryl methyl sites for hydroxylation is 1. The molecule has 0 radical (unpaired) electrons. The van der Waals surface area contributed by atoms with Crippen LogP contribution in [-0.4, -0.2) is 61.4 Å². The van der Waals surface area contributed by atoms with Gasteiger partial charge in [0.1, 0.15) is 17.2 Å². The van der Waals surface area contributed by atoms with Gasteiger partial charge in [0, 0.05) is 44.3 Å². The highest BCUT2D eigenvalue weighted by molar-refractivity contribution is 6.24. The van der Waals surface area contributed by atoms with Crippen LogP contribution >= 0.6 is 0 Å². The Kier molecular flexibility index (Phi) is 11.6. The predicted molar refractivity (Wildman–Crippen MR) is 182 cm³/mol.